The number of carbonyl (C=O) groups excluding carboxylic acids is 1. The molecule has 4 aliphatic carbocycles. The highest BCUT2D eigenvalue weighted by molar-refractivity contribution is 6.01. The van der Waals surface area contributed by atoms with Crippen molar-refractivity contribution in [2.24, 2.45) is 34.5 Å². The zero-order chi connectivity index (χ0) is 22.4. The van der Waals surface area contributed by atoms with Crippen molar-refractivity contribution in [1.82, 2.24) is 5.06 Å². The Kier molecular flexibility index (Phi) is 4.73. The fourth-order valence-corrected chi connectivity index (χ4v) is 8.46. The van der Waals surface area contributed by atoms with Crippen molar-refractivity contribution in [2.45, 2.75) is 77.2 Å². The van der Waals surface area contributed by atoms with Gasteiger partial charge in [-0.25, -0.2) is 0 Å². The number of ketones is 1. The van der Waals surface area contributed by atoms with Crippen LogP contribution in [0.1, 0.15) is 59.8 Å². The number of rotatable bonds is 2. The lowest BCUT2D eigenvalue weighted by Crippen LogP contribution is -2.62. The summed E-state index contributed by atoms with van der Waals surface area (Å²) in [6.45, 7) is 8.09. The van der Waals surface area contributed by atoms with E-state index in [0.29, 0.717) is 24.9 Å². The van der Waals surface area contributed by atoms with Crippen LogP contribution in [0.3, 0.4) is 0 Å². The molecule has 4 fully saturated rings. The lowest BCUT2D eigenvalue weighted by molar-refractivity contribution is -0.330. The molecule has 5 rings (SSSR count). The fraction of sp³-hybridized carbons (Fsp3) is 0.800. The van der Waals surface area contributed by atoms with Gasteiger partial charge in [0, 0.05) is 17.3 Å². The smallest absolute Gasteiger partial charge is 0.178 e. The molecular formula is C25H36NO5. The number of hydroxylamine groups is 2. The Morgan fingerprint density at radius 1 is 1.19 bits per heavy atom. The van der Waals surface area contributed by atoms with Crippen LogP contribution in [0.5, 0.6) is 0 Å². The number of hydrogen-bond acceptors (Lipinski definition) is 5. The molecule has 1 saturated heterocycles. The van der Waals surface area contributed by atoms with Crippen molar-refractivity contribution in [3.05, 3.63) is 23.8 Å². The average Bonchev–Trinajstić information content (AvgIpc) is 3.16. The highest BCUT2D eigenvalue weighted by Crippen LogP contribution is 2.68. The second kappa shape index (κ2) is 6.73. The van der Waals surface area contributed by atoms with Crippen molar-refractivity contribution in [2.75, 3.05) is 13.2 Å². The molecule has 6 heteroatoms. The Hall–Kier alpha value is -1.05. The molecule has 1 aliphatic heterocycles. The summed E-state index contributed by atoms with van der Waals surface area (Å²) in [4.78, 5) is 12.0. The molecule has 0 aromatic rings. The van der Waals surface area contributed by atoms with Crippen LogP contribution in [0.4, 0.5) is 0 Å². The van der Waals surface area contributed by atoms with Crippen LogP contribution in [0.2, 0.25) is 0 Å². The first-order valence-corrected chi connectivity index (χ1v) is 11.8. The molecule has 8 atom stereocenters. The number of carbonyl (C=O) groups is 1. The Bertz CT molecular complexity index is 851. The van der Waals surface area contributed by atoms with E-state index < -0.39 is 17.4 Å². The number of aliphatic hydroxyl groups is 2. The van der Waals surface area contributed by atoms with Crippen LogP contribution in [-0.4, -0.2) is 51.6 Å². The largest absolute Gasteiger partial charge is 0.393 e. The Morgan fingerprint density at radius 2 is 1.94 bits per heavy atom. The number of ether oxygens (including phenoxy) is 1. The molecule has 0 bridgehead atoms. The Labute approximate surface area is 184 Å². The normalized spacial score (nSPS) is 51.3. The Balaban J connectivity index is 1.51. The van der Waals surface area contributed by atoms with E-state index in [1.807, 2.05) is 19.9 Å². The van der Waals surface area contributed by atoms with Gasteiger partial charge in [-0.3, -0.25) is 4.79 Å². The van der Waals surface area contributed by atoms with Crippen molar-refractivity contribution in [1.29, 1.82) is 0 Å². The van der Waals surface area contributed by atoms with Crippen molar-refractivity contribution < 1.29 is 25.0 Å². The summed E-state index contributed by atoms with van der Waals surface area (Å²) in [7, 11) is 0. The van der Waals surface area contributed by atoms with Gasteiger partial charge in [-0.1, -0.05) is 25.5 Å². The third kappa shape index (κ3) is 2.72. The number of allylic oxidation sites excluding steroid dienone is 4. The molecule has 1 radical (unpaired) electrons. The highest BCUT2D eigenvalue weighted by Gasteiger charge is 2.68. The molecule has 2 N–H and O–H groups in total. The number of fused-ring (bicyclic) bond motifs is 5. The zero-order valence-corrected chi connectivity index (χ0v) is 19.1. The third-order valence-electron chi connectivity index (χ3n) is 9.83. The maximum Gasteiger partial charge on any atom is 0.178 e. The van der Waals surface area contributed by atoms with E-state index >= 15 is 0 Å². The van der Waals surface area contributed by atoms with E-state index in [1.165, 1.54) is 0 Å². The van der Waals surface area contributed by atoms with Crippen molar-refractivity contribution in [3.63, 3.8) is 0 Å². The molecule has 171 valence electrons. The monoisotopic (exact) mass is 430 g/mol. The van der Waals surface area contributed by atoms with Crippen LogP contribution in [0.25, 0.3) is 0 Å². The van der Waals surface area contributed by atoms with Crippen molar-refractivity contribution in [3.8, 4) is 0 Å². The van der Waals surface area contributed by atoms with Crippen LogP contribution in [0.15, 0.2) is 23.8 Å². The van der Waals surface area contributed by atoms with Gasteiger partial charge in [0.05, 0.1) is 24.9 Å². The van der Waals surface area contributed by atoms with E-state index in [1.54, 1.807) is 12.2 Å². The van der Waals surface area contributed by atoms with E-state index in [0.717, 1.165) is 36.3 Å². The topological polar surface area (TPSA) is 89.9 Å². The fourth-order valence-electron chi connectivity index (χ4n) is 8.46. The van der Waals surface area contributed by atoms with Crippen LogP contribution in [-0.2, 0) is 14.7 Å². The van der Waals surface area contributed by atoms with Gasteiger partial charge in [-0.15, -0.1) is 10.3 Å². The molecule has 1 heterocycles. The maximum absolute atomic E-state index is 13.3. The van der Waals surface area contributed by atoms with Crippen LogP contribution >= 0.6 is 0 Å². The second-order valence-electron chi connectivity index (χ2n) is 11.8. The maximum atomic E-state index is 13.3. The molecule has 0 aromatic carbocycles. The van der Waals surface area contributed by atoms with Crippen LogP contribution in [0, 0.1) is 34.5 Å². The first-order valence-electron chi connectivity index (χ1n) is 11.8. The molecule has 5 aliphatic rings. The van der Waals surface area contributed by atoms with Crippen molar-refractivity contribution >= 4 is 5.78 Å². The van der Waals surface area contributed by atoms with Gasteiger partial charge in [0.2, 0.25) is 0 Å². The summed E-state index contributed by atoms with van der Waals surface area (Å²) in [5, 5.41) is 36.3. The lowest BCUT2D eigenvalue weighted by Gasteiger charge is -2.60. The number of nitrogens with zero attached hydrogens (tertiary/aromatic N) is 1. The average molecular weight is 431 g/mol. The van der Waals surface area contributed by atoms with Crippen LogP contribution < -0.4 is 0 Å². The van der Waals surface area contributed by atoms with Gasteiger partial charge in [-0.05, 0) is 75.4 Å². The van der Waals surface area contributed by atoms with Gasteiger partial charge >= 0.3 is 0 Å². The SMILES string of the molecule is CC1(C)COC(CO)([C@H]2CCC3C4CCC5=CC(=O)C=C[C@]5(C)C4C(O)C[C@@]32C)N1[O]. The highest BCUT2D eigenvalue weighted by atomic mass is 16.6. The third-order valence-corrected chi connectivity index (χ3v) is 9.83. The Morgan fingerprint density at radius 3 is 2.58 bits per heavy atom. The molecule has 5 unspecified atom stereocenters. The molecule has 3 saturated carbocycles. The van der Waals surface area contributed by atoms with Gasteiger partial charge in [0.25, 0.3) is 0 Å². The van der Waals surface area contributed by atoms with E-state index in [2.05, 4.69) is 13.8 Å². The predicted molar refractivity (Wildman–Crippen MR) is 114 cm³/mol. The molecular weight excluding hydrogens is 394 g/mol. The van der Waals surface area contributed by atoms with Gasteiger partial charge in [0.1, 0.15) is 0 Å². The lowest BCUT2D eigenvalue weighted by atomic mass is 9.46. The van der Waals surface area contributed by atoms with E-state index in [4.69, 9.17) is 4.74 Å². The summed E-state index contributed by atoms with van der Waals surface area (Å²) < 4.78 is 6.13. The summed E-state index contributed by atoms with van der Waals surface area (Å²) in [6.07, 6.45) is 9.16. The van der Waals surface area contributed by atoms with E-state index in [9.17, 15) is 20.2 Å². The minimum Gasteiger partial charge on any atom is -0.393 e. The molecule has 6 nitrogen and oxygen atoms in total. The molecule has 0 spiro atoms. The summed E-state index contributed by atoms with van der Waals surface area (Å²) in [6, 6.07) is 0. The standard InChI is InChI=1S/C25H36NO5/c1-22(2)14-31-25(13-27,26(22)30)20-8-7-18-17-6-5-15-11-16(28)9-10-23(15,3)21(17)19(29)12-24(18,20)4/h9-11,17-21,27,29H,5-8,12-14H2,1-4H3/t17?,18?,19?,20-,21?,23-,24-,25?/m0/s1. The summed E-state index contributed by atoms with van der Waals surface area (Å²) in [5.74, 6) is 0.674. The molecule has 31 heavy (non-hydrogen) atoms. The second-order valence-corrected chi connectivity index (χ2v) is 11.8. The van der Waals surface area contributed by atoms with Gasteiger partial charge < -0.3 is 14.9 Å². The molecule has 0 amide bonds. The number of aliphatic hydroxyl groups excluding tert-OH is 2. The van der Waals surface area contributed by atoms with E-state index in [-0.39, 0.29) is 35.1 Å². The first-order chi connectivity index (χ1) is 14.5. The first kappa shape index (κ1) is 21.8. The summed E-state index contributed by atoms with van der Waals surface area (Å²) in [5.41, 5.74) is -1.33. The predicted octanol–water partition coefficient (Wildman–Crippen LogP) is 3.03. The number of hydrogen-bond donors (Lipinski definition) is 2. The van der Waals surface area contributed by atoms with Gasteiger partial charge in [-0.2, -0.15) is 0 Å². The van der Waals surface area contributed by atoms with Gasteiger partial charge in [0.15, 0.2) is 11.5 Å². The summed E-state index contributed by atoms with van der Waals surface area (Å²) >= 11 is 0. The zero-order valence-electron chi connectivity index (χ0n) is 19.1. The quantitative estimate of drug-likeness (QED) is 0.703. The molecule has 0 aromatic heterocycles. The minimum atomic E-state index is -1.24. The minimum absolute atomic E-state index is 0.0448.